The van der Waals surface area contributed by atoms with Crippen LogP contribution in [0.15, 0.2) is 34.2 Å². The fourth-order valence-corrected chi connectivity index (χ4v) is 4.03. The number of morpholine rings is 2. The van der Waals surface area contributed by atoms with Gasteiger partial charge in [-0.1, -0.05) is 17.7 Å². The third kappa shape index (κ3) is 4.10. The van der Waals surface area contributed by atoms with E-state index in [-0.39, 0.29) is 16.2 Å². The minimum atomic E-state index is -3.18. The van der Waals surface area contributed by atoms with E-state index in [2.05, 4.69) is 0 Å². The fraction of sp³-hybridized carbons (Fsp3) is 0.556. The van der Waals surface area contributed by atoms with Gasteiger partial charge in [-0.3, -0.25) is 0 Å². The summed E-state index contributed by atoms with van der Waals surface area (Å²) in [5, 5.41) is 29.0. The maximum absolute atomic E-state index is 11.8. The van der Waals surface area contributed by atoms with Crippen LogP contribution in [0.4, 0.5) is 0 Å². The molecule has 11 heteroatoms. The van der Waals surface area contributed by atoms with Crippen LogP contribution < -0.4 is 0 Å². The Morgan fingerprint density at radius 2 is 1.41 bits per heavy atom. The molecule has 0 saturated carbocycles. The Kier molecular flexibility index (Phi) is 6.75. The summed E-state index contributed by atoms with van der Waals surface area (Å²) in [6.07, 6.45) is 2.52. The van der Waals surface area contributed by atoms with Crippen LogP contribution in [0.3, 0.4) is 0 Å². The molecule has 9 nitrogen and oxygen atoms in total. The highest BCUT2D eigenvalue weighted by molar-refractivity contribution is 6.39. The Morgan fingerprint density at radius 3 is 1.83 bits per heavy atom. The Hall–Kier alpha value is -1.78. The summed E-state index contributed by atoms with van der Waals surface area (Å²) >= 11 is 12.8. The average Bonchev–Trinajstić information content (AvgIpc) is 2.72. The third-order valence-corrected chi connectivity index (χ3v) is 5.98. The van der Waals surface area contributed by atoms with E-state index in [9.17, 15) is 24.9 Å². The number of ether oxygens (including phenoxy) is 2. The summed E-state index contributed by atoms with van der Waals surface area (Å²) < 4.78 is 10.8. The lowest BCUT2D eigenvalue weighted by atomic mass is 9.83. The summed E-state index contributed by atoms with van der Waals surface area (Å²) in [6, 6.07) is 0. The van der Waals surface area contributed by atoms with Crippen LogP contribution >= 0.6 is 23.2 Å². The van der Waals surface area contributed by atoms with Crippen molar-refractivity contribution in [3.63, 3.8) is 0 Å². The zero-order valence-electron chi connectivity index (χ0n) is 15.5. The van der Waals surface area contributed by atoms with E-state index in [4.69, 9.17) is 32.7 Å². The SMILES string of the molecule is O=C(O)C(O)(C(=O)O)C1=CC=C(Cl)C(Cl)C1=C(N1CCOCC1)N1CCOCC1. The lowest BCUT2D eigenvalue weighted by Crippen LogP contribution is -2.52. The minimum Gasteiger partial charge on any atom is -0.478 e. The molecule has 0 aromatic heterocycles. The van der Waals surface area contributed by atoms with Gasteiger partial charge < -0.3 is 34.6 Å². The molecule has 2 fully saturated rings. The zero-order valence-corrected chi connectivity index (χ0v) is 17.0. The monoisotopic (exact) mass is 448 g/mol. The molecule has 1 atom stereocenters. The molecular formula is C18H22Cl2N2O7. The second kappa shape index (κ2) is 8.93. The third-order valence-electron chi connectivity index (χ3n) is 5.07. The van der Waals surface area contributed by atoms with Crippen molar-refractivity contribution in [2.75, 3.05) is 52.6 Å². The number of alkyl halides is 1. The molecule has 0 aromatic rings. The second-order valence-corrected chi connectivity index (χ2v) is 7.62. The van der Waals surface area contributed by atoms with Crippen LogP contribution in [-0.4, -0.2) is 101 Å². The molecule has 1 unspecified atom stereocenters. The smallest absolute Gasteiger partial charge is 0.352 e. The largest absolute Gasteiger partial charge is 0.478 e. The quantitative estimate of drug-likeness (QED) is 0.406. The molecule has 3 aliphatic rings. The standard InChI is InChI=1S/C18H22Cl2N2O7/c19-12-2-1-11(18(27,16(23)24)17(25)26)13(14(12)20)15(21-3-7-28-8-4-21)22-5-9-29-10-6-22/h1-2,14,27H,3-10H2,(H,23,24)(H,25,26). The van der Waals surface area contributed by atoms with Crippen LogP contribution in [0, 0.1) is 0 Å². The van der Waals surface area contributed by atoms with Crippen LogP contribution in [0.2, 0.25) is 0 Å². The predicted octanol–water partition coefficient (Wildman–Crippen LogP) is 0.433. The van der Waals surface area contributed by atoms with Crippen molar-refractivity contribution in [1.29, 1.82) is 0 Å². The van der Waals surface area contributed by atoms with Gasteiger partial charge in [0.15, 0.2) is 0 Å². The average molecular weight is 449 g/mol. The molecule has 29 heavy (non-hydrogen) atoms. The molecule has 2 saturated heterocycles. The molecule has 3 rings (SSSR count). The summed E-state index contributed by atoms with van der Waals surface area (Å²) in [5.41, 5.74) is -3.34. The normalized spacial score (nSPS) is 23.4. The number of aliphatic carboxylic acids is 2. The number of aliphatic hydroxyl groups is 1. The van der Waals surface area contributed by atoms with E-state index in [0.717, 1.165) is 0 Å². The number of carboxylic acid groups (broad SMARTS) is 2. The number of hydrogen-bond acceptors (Lipinski definition) is 7. The van der Waals surface area contributed by atoms with E-state index in [1.807, 2.05) is 9.80 Å². The number of carboxylic acids is 2. The van der Waals surface area contributed by atoms with Gasteiger partial charge in [-0.2, -0.15) is 0 Å². The Bertz CT molecular complexity index is 734. The Morgan fingerprint density at radius 1 is 0.966 bits per heavy atom. The number of carbonyl (C=O) groups is 2. The van der Waals surface area contributed by atoms with Crippen LogP contribution in [0.25, 0.3) is 0 Å². The Balaban J connectivity index is 2.23. The van der Waals surface area contributed by atoms with Gasteiger partial charge >= 0.3 is 11.9 Å². The van der Waals surface area contributed by atoms with Gasteiger partial charge in [0.1, 0.15) is 5.82 Å². The molecule has 0 radical (unpaired) electrons. The molecule has 0 bridgehead atoms. The first-order chi connectivity index (χ1) is 13.8. The first-order valence-corrected chi connectivity index (χ1v) is 9.91. The molecule has 3 N–H and O–H groups in total. The number of nitrogens with zero attached hydrogens (tertiary/aromatic N) is 2. The molecule has 160 valence electrons. The number of rotatable bonds is 5. The highest BCUT2D eigenvalue weighted by Crippen LogP contribution is 2.41. The molecule has 0 aromatic carbocycles. The number of halogens is 2. The Labute approximate surface area is 177 Å². The topological polar surface area (TPSA) is 120 Å². The van der Waals surface area contributed by atoms with Gasteiger partial charge in [-0.05, 0) is 6.08 Å². The summed E-state index contributed by atoms with van der Waals surface area (Å²) in [6.45, 7) is 3.75. The van der Waals surface area contributed by atoms with Crippen molar-refractivity contribution in [1.82, 2.24) is 9.80 Å². The molecule has 2 aliphatic heterocycles. The molecule has 2 heterocycles. The van der Waals surface area contributed by atoms with Gasteiger partial charge in [0.05, 0.1) is 31.8 Å². The van der Waals surface area contributed by atoms with Gasteiger partial charge in [0.2, 0.25) is 0 Å². The predicted molar refractivity (Wildman–Crippen MR) is 104 cm³/mol. The molecule has 0 amide bonds. The van der Waals surface area contributed by atoms with Crippen LogP contribution in [0.1, 0.15) is 0 Å². The highest BCUT2D eigenvalue weighted by atomic mass is 35.5. The lowest BCUT2D eigenvalue weighted by molar-refractivity contribution is -0.170. The van der Waals surface area contributed by atoms with Crippen molar-refractivity contribution >= 4 is 35.1 Å². The van der Waals surface area contributed by atoms with Gasteiger partial charge in [-0.15, -0.1) is 11.6 Å². The van der Waals surface area contributed by atoms with E-state index >= 15 is 0 Å². The van der Waals surface area contributed by atoms with Crippen molar-refractivity contribution in [2.45, 2.75) is 11.0 Å². The summed E-state index contributed by atoms with van der Waals surface area (Å²) in [5.74, 6) is -3.28. The van der Waals surface area contributed by atoms with Crippen molar-refractivity contribution < 1.29 is 34.4 Å². The number of hydrogen-bond donors (Lipinski definition) is 3. The van der Waals surface area contributed by atoms with E-state index in [1.54, 1.807) is 0 Å². The maximum atomic E-state index is 11.8. The second-order valence-electron chi connectivity index (χ2n) is 6.75. The lowest BCUT2D eigenvalue weighted by Gasteiger charge is -2.43. The van der Waals surface area contributed by atoms with Crippen LogP contribution in [0.5, 0.6) is 0 Å². The van der Waals surface area contributed by atoms with Gasteiger partial charge in [0, 0.05) is 42.4 Å². The first-order valence-electron chi connectivity index (χ1n) is 9.09. The van der Waals surface area contributed by atoms with Crippen molar-refractivity contribution in [3.05, 3.63) is 34.2 Å². The fourth-order valence-electron chi connectivity index (χ4n) is 3.57. The summed E-state index contributed by atoms with van der Waals surface area (Å²) in [7, 11) is 0. The van der Waals surface area contributed by atoms with Crippen LogP contribution in [-0.2, 0) is 19.1 Å². The molecule has 0 spiro atoms. The minimum absolute atomic E-state index is 0.162. The van der Waals surface area contributed by atoms with Gasteiger partial charge in [0.25, 0.3) is 5.60 Å². The maximum Gasteiger partial charge on any atom is 0.352 e. The van der Waals surface area contributed by atoms with Crippen molar-refractivity contribution in [2.24, 2.45) is 0 Å². The van der Waals surface area contributed by atoms with E-state index < -0.39 is 22.9 Å². The molecule has 1 aliphatic carbocycles. The van der Waals surface area contributed by atoms with E-state index in [0.29, 0.717) is 58.4 Å². The molecular weight excluding hydrogens is 427 g/mol. The highest BCUT2D eigenvalue weighted by Gasteiger charge is 2.52. The number of allylic oxidation sites excluding steroid dienone is 3. The van der Waals surface area contributed by atoms with E-state index in [1.165, 1.54) is 12.2 Å². The zero-order chi connectivity index (χ0) is 21.2. The summed E-state index contributed by atoms with van der Waals surface area (Å²) in [4.78, 5) is 27.5. The first kappa shape index (κ1) is 21.9. The van der Waals surface area contributed by atoms with Crippen molar-refractivity contribution in [3.8, 4) is 0 Å². The van der Waals surface area contributed by atoms with Gasteiger partial charge in [-0.25, -0.2) is 9.59 Å².